The molecule has 1 aliphatic rings. The Morgan fingerprint density at radius 1 is 0.783 bits per heavy atom. The Kier molecular flexibility index (Phi) is 2.15. The molecule has 110 valence electrons. The van der Waals surface area contributed by atoms with Gasteiger partial charge in [0.25, 0.3) is 11.8 Å². The van der Waals surface area contributed by atoms with Crippen molar-refractivity contribution in [3.63, 3.8) is 0 Å². The summed E-state index contributed by atoms with van der Waals surface area (Å²) < 4.78 is 6.03. The molecule has 0 fully saturated rings. The summed E-state index contributed by atoms with van der Waals surface area (Å²) in [5.41, 5.74) is 2.32. The van der Waals surface area contributed by atoms with E-state index in [2.05, 4.69) is 0 Å². The number of carbonyl (C=O) groups excluding carboxylic acids is 2. The molecule has 0 bridgehead atoms. The van der Waals surface area contributed by atoms with Gasteiger partial charge >= 0.3 is 0 Å². The van der Waals surface area contributed by atoms with Crippen LogP contribution in [-0.4, -0.2) is 23.8 Å². The molecule has 1 aliphatic heterocycles. The first-order chi connectivity index (χ1) is 11.2. The van der Waals surface area contributed by atoms with Crippen LogP contribution >= 0.6 is 0 Å². The number of para-hydroxylation sites is 1. The SMILES string of the molecule is CN1C(=O)c2c(c3c4ccccc4oc3c3ccccc23)C1=O. The van der Waals surface area contributed by atoms with Crippen LogP contribution in [0.25, 0.3) is 32.7 Å². The van der Waals surface area contributed by atoms with Gasteiger partial charge in [-0.3, -0.25) is 14.5 Å². The van der Waals surface area contributed by atoms with E-state index in [0.29, 0.717) is 16.7 Å². The van der Waals surface area contributed by atoms with E-state index >= 15 is 0 Å². The lowest BCUT2D eigenvalue weighted by Gasteiger charge is -2.04. The second-order valence-corrected chi connectivity index (χ2v) is 5.77. The van der Waals surface area contributed by atoms with E-state index in [0.717, 1.165) is 27.1 Å². The molecule has 0 spiro atoms. The zero-order valence-corrected chi connectivity index (χ0v) is 12.3. The molecule has 2 amide bonds. The third-order valence-electron chi connectivity index (χ3n) is 4.57. The number of rotatable bonds is 0. The third-order valence-corrected chi connectivity index (χ3v) is 4.57. The molecule has 2 heterocycles. The van der Waals surface area contributed by atoms with Crippen molar-refractivity contribution in [3.05, 3.63) is 59.7 Å². The lowest BCUT2D eigenvalue weighted by molar-refractivity contribution is 0.0694. The van der Waals surface area contributed by atoms with Gasteiger partial charge in [-0.05, 0) is 11.5 Å². The van der Waals surface area contributed by atoms with E-state index in [1.807, 2.05) is 48.5 Å². The topological polar surface area (TPSA) is 50.5 Å². The summed E-state index contributed by atoms with van der Waals surface area (Å²) in [5.74, 6) is -0.527. The number of hydrogen-bond donors (Lipinski definition) is 0. The van der Waals surface area contributed by atoms with E-state index in [4.69, 9.17) is 4.42 Å². The van der Waals surface area contributed by atoms with Crippen molar-refractivity contribution in [1.29, 1.82) is 0 Å². The second-order valence-electron chi connectivity index (χ2n) is 5.77. The molecule has 0 radical (unpaired) electrons. The van der Waals surface area contributed by atoms with Crippen molar-refractivity contribution >= 4 is 44.5 Å². The van der Waals surface area contributed by atoms with Crippen LogP contribution in [0.3, 0.4) is 0 Å². The minimum absolute atomic E-state index is 0.256. The van der Waals surface area contributed by atoms with Crippen molar-refractivity contribution < 1.29 is 14.0 Å². The van der Waals surface area contributed by atoms with Crippen LogP contribution in [0.15, 0.2) is 52.9 Å². The highest BCUT2D eigenvalue weighted by Gasteiger charge is 2.38. The largest absolute Gasteiger partial charge is 0.455 e. The van der Waals surface area contributed by atoms with E-state index in [-0.39, 0.29) is 11.8 Å². The highest BCUT2D eigenvalue weighted by Crippen LogP contribution is 2.42. The van der Waals surface area contributed by atoms with Crippen molar-refractivity contribution in [1.82, 2.24) is 4.90 Å². The van der Waals surface area contributed by atoms with Gasteiger partial charge in [0.15, 0.2) is 0 Å². The van der Waals surface area contributed by atoms with Crippen molar-refractivity contribution in [2.24, 2.45) is 0 Å². The Bertz CT molecular complexity index is 1170. The molecule has 0 N–H and O–H groups in total. The number of imide groups is 1. The monoisotopic (exact) mass is 301 g/mol. The lowest BCUT2D eigenvalue weighted by atomic mass is 9.95. The summed E-state index contributed by atoms with van der Waals surface area (Å²) >= 11 is 0. The predicted octanol–water partition coefficient (Wildman–Crippen LogP) is 3.97. The fourth-order valence-electron chi connectivity index (χ4n) is 3.51. The molecule has 0 saturated carbocycles. The van der Waals surface area contributed by atoms with Crippen LogP contribution in [0.1, 0.15) is 20.7 Å². The first-order valence-corrected chi connectivity index (χ1v) is 7.37. The maximum atomic E-state index is 12.7. The summed E-state index contributed by atoms with van der Waals surface area (Å²) in [6.45, 7) is 0. The Labute approximate surface area is 130 Å². The third kappa shape index (κ3) is 1.36. The van der Waals surface area contributed by atoms with Gasteiger partial charge in [-0.15, -0.1) is 0 Å². The Balaban J connectivity index is 2.17. The number of furan rings is 1. The van der Waals surface area contributed by atoms with Crippen LogP contribution in [0.2, 0.25) is 0 Å². The van der Waals surface area contributed by atoms with Crippen LogP contribution in [0.4, 0.5) is 0 Å². The minimum Gasteiger partial charge on any atom is -0.455 e. The lowest BCUT2D eigenvalue weighted by Crippen LogP contribution is -2.24. The fourth-order valence-corrected chi connectivity index (χ4v) is 3.51. The number of hydrogen-bond acceptors (Lipinski definition) is 3. The summed E-state index contributed by atoms with van der Waals surface area (Å²) in [5, 5.41) is 3.21. The highest BCUT2D eigenvalue weighted by atomic mass is 16.3. The number of benzene rings is 3. The molecule has 4 aromatic rings. The molecule has 4 nitrogen and oxygen atoms in total. The Morgan fingerprint density at radius 3 is 2.17 bits per heavy atom. The summed E-state index contributed by atoms with van der Waals surface area (Å²) in [7, 11) is 1.52. The molecule has 0 atom stereocenters. The Morgan fingerprint density at radius 2 is 1.39 bits per heavy atom. The average Bonchev–Trinajstić information content (AvgIpc) is 3.07. The quantitative estimate of drug-likeness (QED) is 0.462. The molecule has 0 unspecified atom stereocenters. The van der Waals surface area contributed by atoms with Crippen molar-refractivity contribution in [2.45, 2.75) is 0 Å². The molecule has 4 heteroatoms. The summed E-state index contributed by atoms with van der Waals surface area (Å²) in [6, 6.07) is 15.2. The Hall–Kier alpha value is -3.14. The molecule has 0 aliphatic carbocycles. The molecule has 5 rings (SSSR count). The van der Waals surface area contributed by atoms with Crippen LogP contribution < -0.4 is 0 Å². The summed E-state index contributed by atoms with van der Waals surface area (Å²) in [4.78, 5) is 26.4. The van der Waals surface area contributed by atoms with Crippen molar-refractivity contribution in [3.8, 4) is 0 Å². The van der Waals surface area contributed by atoms with Gasteiger partial charge in [-0.25, -0.2) is 0 Å². The number of carbonyl (C=O) groups is 2. The number of nitrogens with zero attached hydrogens (tertiary/aromatic N) is 1. The van der Waals surface area contributed by atoms with Gasteiger partial charge in [0.05, 0.1) is 11.1 Å². The predicted molar refractivity (Wildman–Crippen MR) is 87.7 cm³/mol. The molecule has 0 saturated heterocycles. The molecule has 23 heavy (non-hydrogen) atoms. The van der Waals surface area contributed by atoms with E-state index in [9.17, 15) is 9.59 Å². The molecular formula is C19H11NO3. The fraction of sp³-hybridized carbons (Fsp3) is 0.0526. The van der Waals surface area contributed by atoms with Crippen LogP contribution in [0.5, 0.6) is 0 Å². The standard InChI is InChI=1S/C19H11NO3/c1-20-18(21)15-10-6-2-3-7-11(10)17-14(16(15)19(20)22)12-8-4-5-9-13(12)23-17/h2-9H,1H3. The van der Waals surface area contributed by atoms with Gasteiger partial charge in [0.1, 0.15) is 11.2 Å². The first-order valence-electron chi connectivity index (χ1n) is 7.37. The van der Waals surface area contributed by atoms with E-state index < -0.39 is 0 Å². The maximum Gasteiger partial charge on any atom is 0.262 e. The zero-order valence-electron chi connectivity index (χ0n) is 12.3. The average molecular weight is 301 g/mol. The molecule has 3 aromatic carbocycles. The van der Waals surface area contributed by atoms with Crippen LogP contribution in [-0.2, 0) is 0 Å². The van der Waals surface area contributed by atoms with Gasteiger partial charge < -0.3 is 4.42 Å². The number of amides is 2. The van der Waals surface area contributed by atoms with Gasteiger partial charge in [0, 0.05) is 23.2 Å². The zero-order chi connectivity index (χ0) is 15.7. The maximum absolute atomic E-state index is 12.7. The van der Waals surface area contributed by atoms with Crippen LogP contribution in [0, 0.1) is 0 Å². The van der Waals surface area contributed by atoms with Gasteiger partial charge in [0.2, 0.25) is 0 Å². The molecular weight excluding hydrogens is 290 g/mol. The number of fused-ring (bicyclic) bond motifs is 8. The first kappa shape index (κ1) is 12.4. The minimum atomic E-state index is -0.271. The van der Waals surface area contributed by atoms with Gasteiger partial charge in [-0.2, -0.15) is 0 Å². The van der Waals surface area contributed by atoms with Gasteiger partial charge in [-0.1, -0.05) is 42.5 Å². The normalized spacial score (nSPS) is 14.4. The summed E-state index contributed by atoms with van der Waals surface area (Å²) in [6.07, 6.45) is 0. The van der Waals surface area contributed by atoms with Crippen molar-refractivity contribution in [2.75, 3.05) is 7.05 Å². The smallest absolute Gasteiger partial charge is 0.262 e. The second kappa shape index (κ2) is 3.98. The van der Waals surface area contributed by atoms with E-state index in [1.165, 1.54) is 11.9 Å². The highest BCUT2D eigenvalue weighted by molar-refractivity contribution is 6.35. The molecule has 1 aromatic heterocycles. The van der Waals surface area contributed by atoms with E-state index in [1.54, 1.807) is 0 Å².